The van der Waals surface area contributed by atoms with E-state index in [0.29, 0.717) is 5.75 Å². The standard InChI is InChI=1S/C13H14N2OS/c1-2-15-12(16)9-17-13(15)8-7-10-5-3-4-6-11(10)14-13/h2-6,14H,1,7-9H2. The van der Waals surface area contributed by atoms with E-state index in [4.69, 9.17) is 0 Å². The first-order valence-corrected chi connectivity index (χ1v) is 6.68. The number of amides is 1. The average molecular weight is 246 g/mol. The molecule has 3 rings (SSSR count). The minimum atomic E-state index is -0.312. The van der Waals surface area contributed by atoms with Crippen molar-refractivity contribution in [3.05, 3.63) is 42.6 Å². The van der Waals surface area contributed by atoms with Crippen molar-refractivity contribution in [3.8, 4) is 0 Å². The smallest absolute Gasteiger partial charge is 0.239 e. The molecule has 0 aliphatic carbocycles. The summed E-state index contributed by atoms with van der Waals surface area (Å²) in [6.45, 7) is 3.75. The number of aryl methyl sites for hydroxylation is 1. The first kappa shape index (κ1) is 10.7. The van der Waals surface area contributed by atoms with Gasteiger partial charge in [0.05, 0.1) is 5.75 Å². The first-order valence-electron chi connectivity index (χ1n) is 5.70. The van der Waals surface area contributed by atoms with E-state index in [1.165, 1.54) is 5.56 Å². The molecule has 3 nitrogen and oxygen atoms in total. The SMILES string of the molecule is C=CN1C(=O)CSC12CCc1ccccc1N2. The van der Waals surface area contributed by atoms with E-state index in [1.807, 2.05) is 6.07 Å². The fourth-order valence-electron chi connectivity index (χ4n) is 2.50. The summed E-state index contributed by atoms with van der Waals surface area (Å²) in [4.78, 5) is 13.2. The molecule has 17 heavy (non-hydrogen) atoms. The molecular weight excluding hydrogens is 232 g/mol. The Hall–Kier alpha value is -1.42. The topological polar surface area (TPSA) is 32.3 Å². The highest BCUT2D eigenvalue weighted by atomic mass is 32.2. The van der Waals surface area contributed by atoms with Crippen molar-refractivity contribution in [2.75, 3.05) is 11.1 Å². The Morgan fingerprint density at radius 2 is 2.29 bits per heavy atom. The van der Waals surface area contributed by atoms with Gasteiger partial charge in [0.25, 0.3) is 0 Å². The van der Waals surface area contributed by atoms with Crippen molar-refractivity contribution in [1.29, 1.82) is 0 Å². The predicted octanol–water partition coefficient (Wildman–Crippen LogP) is 2.42. The fourth-order valence-corrected chi connectivity index (χ4v) is 3.74. The van der Waals surface area contributed by atoms with Gasteiger partial charge in [-0.1, -0.05) is 24.8 Å². The highest BCUT2D eigenvalue weighted by Gasteiger charge is 2.46. The fraction of sp³-hybridized carbons (Fsp3) is 0.308. The van der Waals surface area contributed by atoms with E-state index >= 15 is 0 Å². The monoisotopic (exact) mass is 246 g/mol. The lowest BCUT2D eigenvalue weighted by Crippen LogP contribution is -2.49. The molecule has 1 aromatic rings. The van der Waals surface area contributed by atoms with Gasteiger partial charge in [-0.3, -0.25) is 9.69 Å². The van der Waals surface area contributed by atoms with Crippen molar-refractivity contribution < 1.29 is 4.79 Å². The molecule has 1 unspecified atom stereocenters. The molecule has 1 saturated heterocycles. The first-order chi connectivity index (χ1) is 8.25. The summed E-state index contributed by atoms with van der Waals surface area (Å²) < 4.78 is 0. The number of nitrogens with zero attached hydrogens (tertiary/aromatic N) is 1. The molecule has 1 fully saturated rings. The van der Waals surface area contributed by atoms with Crippen LogP contribution in [0.2, 0.25) is 0 Å². The van der Waals surface area contributed by atoms with Gasteiger partial charge in [-0.2, -0.15) is 0 Å². The van der Waals surface area contributed by atoms with Crippen molar-refractivity contribution in [1.82, 2.24) is 4.90 Å². The molecule has 0 saturated carbocycles. The maximum atomic E-state index is 11.8. The second kappa shape index (κ2) is 3.81. The summed E-state index contributed by atoms with van der Waals surface area (Å²) in [5.74, 6) is 0.665. The molecule has 1 atom stereocenters. The zero-order chi connectivity index (χ0) is 11.9. The van der Waals surface area contributed by atoms with E-state index in [-0.39, 0.29) is 10.9 Å². The molecule has 2 aliphatic heterocycles. The molecule has 2 aliphatic rings. The zero-order valence-electron chi connectivity index (χ0n) is 9.48. The number of hydrogen-bond donors (Lipinski definition) is 1. The number of anilines is 1. The molecule has 1 N–H and O–H groups in total. The van der Waals surface area contributed by atoms with Gasteiger partial charge in [0.15, 0.2) is 4.99 Å². The summed E-state index contributed by atoms with van der Waals surface area (Å²) in [7, 11) is 0. The van der Waals surface area contributed by atoms with Crippen molar-refractivity contribution in [2.24, 2.45) is 0 Å². The van der Waals surface area contributed by atoms with Crippen LogP contribution in [0.3, 0.4) is 0 Å². The summed E-state index contributed by atoms with van der Waals surface area (Å²) in [5, 5.41) is 3.50. The number of benzene rings is 1. The average Bonchev–Trinajstić information content (AvgIpc) is 2.66. The largest absolute Gasteiger partial charge is 0.354 e. The van der Waals surface area contributed by atoms with Crippen LogP contribution in [0.15, 0.2) is 37.0 Å². The maximum Gasteiger partial charge on any atom is 0.239 e. The van der Waals surface area contributed by atoms with Crippen LogP contribution in [-0.2, 0) is 11.2 Å². The predicted molar refractivity (Wildman–Crippen MR) is 70.6 cm³/mol. The van der Waals surface area contributed by atoms with Crippen LogP contribution in [-0.4, -0.2) is 21.6 Å². The normalized spacial score (nSPS) is 26.8. The van der Waals surface area contributed by atoms with Gasteiger partial charge in [-0.15, -0.1) is 11.8 Å². The molecule has 0 bridgehead atoms. The van der Waals surface area contributed by atoms with Crippen LogP contribution < -0.4 is 5.32 Å². The molecule has 2 heterocycles. The van der Waals surface area contributed by atoms with Crippen molar-refractivity contribution >= 4 is 23.4 Å². The molecule has 88 valence electrons. The quantitative estimate of drug-likeness (QED) is 0.826. The Morgan fingerprint density at radius 1 is 1.47 bits per heavy atom. The Bertz CT molecular complexity index is 488. The van der Waals surface area contributed by atoms with E-state index in [9.17, 15) is 4.79 Å². The second-order valence-corrected chi connectivity index (χ2v) is 5.55. The van der Waals surface area contributed by atoms with Crippen LogP contribution in [0.25, 0.3) is 0 Å². The third kappa shape index (κ3) is 1.55. The summed E-state index contributed by atoms with van der Waals surface area (Å²) in [5.41, 5.74) is 2.45. The van der Waals surface area contributed by atoms with E-state index in [0.717, 1.165) is 18.5 Å². The molecule has 4 heteroatoms. The van der Waals surface area contributed by atoms with Gasteiger partial charge < -0.3 is 5.32 Å². The van der Waals surface area contributed by atoms with Gasteiger partial charge in [-0.25, -0.2) is 0 Å². The number of hydrogen-bond acceptors (Lipinski definition) is 3. The lowest BCUT2D eigenvalue weighted by atomic mass is 10.0. The molecule has 0 radical (unpaired) electrons. The zero-order valence-corrected chi connectivity index (χ0v) is 10.3. The minimum absolute atomic E-state index is 0.136. The summed E-state index contributed by atoms with van der Waals surface area (Å²) >= 11 is 1.66. The third-order valence-corrected chi connectivity index (χ3v) is 4.73. The summed E-state index contributed by atoms with van der Waals surface area (Å²) in [6, 6.07) is 8.27. The lowest BCUT2D eigenvalue weighted by molar-refractivity contribution is -0.126. The van der Waals surface area contributed by atoms with Crippen LogP contribution >= 0.6 is 11.8 Å². The van der Waals surface area contributed by atoms with Gasteiger partial charge in [0, 0.05) is 18.3 Å². The van der Waals surface area contributed by atoms with Gasteiger partial charge in [0.1, 0.15) is 0 Å². The molecule has 1 spiro atoms. The maximum absolute atomic E-state index is 11.8. The number of nitrogens with one attached hydrogen (secondary N) is 1. The van der Waals surface area contributed by atoms with Crippen LogP contribution in [0, 0.1) is 0 Å². The van der Waals surface area contributed by atoms with Gasteiger partial charge >= 0.3 is 0 Å². The van der Waals surface area contributed by atoms with E-state index in [1.54, 1.807) is 22.9 Å². The van der Waals surface area contributed by atoms with Crippen LogP contribution in [0.4, 0.5) is 5.69 Å². The third-order valence-electron chi connectivity index (χ3n) is 3.36. The number of para-hydroxylation sites is 1. The Kier molecular flexibility index (Phi) is 2.40. The number of carbonyl (C=O) groups excluding carboxylic acids is 1. The Labute approximate surface area is 105 Å². The highest BCUT2D eigenvalue weighted by Crippen LogP contribution is 2.44. The number of fused-ring (bicyclic) bond motifs is 1. The van der Waals surface area contributed by atoms with E-state index in [2.05, 4.69) is 30.1 Å². The van der Waals surface area contributed by atoms with Crippen molar-refractivity contribution in [2.45, 2.75) is 17.8 Å². The number of rotatable bonds is 1. The van der Waals surface area contributed by atoms with Gasteiger partial charge in [-0.05, 0) is 18.1 Å². The van der Waals surface area contributed by atoms with Crippen LogP contribution in [0.1, 0.15) is 12.0 Å². The molecular formula is C13H14N2OS. The van der Waals surface area contributed by atoms with Crippen molar-refractivity contribution in [3.63, 3.8) is 0 Å². The lowest BCUT2D eigenvalue weighted by Gasteiger charge is -2.40. The second-order valence-electron chi connectivity index (χ2n) is 4.30. The summed E-state index contributed by atoms with van der Waals surface area (Å²) in [6.07, 6.45) is 3.56. The van der Waals surface area contributed by atoms with Crippen LogP contribution in [0.5, 0.6) is 0 Å². The Balaban J connectivity index is 1.97. The van der Waals surface area contributed by atoms with E-state index < -0.39 is 0 Å². The highest BCUT2D eigenvalue weighted by molar-refractivity contribution is 8.01. The Morgan fingerprint density at radius 3 is 3.12 bits per heavy atom. The number of carbonyl (C=O) groups is 1. The molecule has 0 aromatic heterocycles. The minimum Gasteiger partial charge on any atom is -0.354 e. The molecule has 1 amide bonds. The number of thioether (sulfide) groups is 1. The van der Waals surface area contributed by atoms with Gasteiger partial charge in [0.2, 0.25) is 5.91 Å². The molecule has 1 aromatic carbocycles.